The Bertz CT molecular complexity index is 607. The van der Waals surface area contributed by atoms with Gasteiger partial charge in [0, 0.05) is 23.8 Å². The van der Waals surface area contributed by atoms with E-state index in [4.69, 9.17) is 27.0 Å². The number of nitrogens with one attached hydrogen (secondary N) is 1. The summed E-state index contributed by atoms with van der Waals surface area (Å²) in [6.07, 6.45) is 0. The fraction of sp³-hybridized carbons (Fsp3) is 0.364. The molecule has 1 amide bonds. The van der Waals surface area contributed by atoms with Gasteiger partial charge < -0.3 is 10.1 Å². The molecule has 1 aromatic carbocycles. The van der Waals surface area contributed by atoms with Crippen LogP contribution in [0.25, 0.3) is 0 Å². The van der Waals surface area contributed by atoms with Crippen LogP contribution in [0.15, 0.2) is 17.0 Å². The molecule has 0 bridgehead atoms. The van der Waals surface area contributed by atoms with Crippen LogP contribution in [-0.4, -0.2) is 34.1 Å². The van der Waals surface area contributed by atoms with Crippen LogP contribution in [0.3, 0.4) is 0 Å². The van der Waals surface area contributed by atoms with Gasteiger partial charge in [-0.25, -0.2) is 12.8 Å². The second-order valence-electron chi connectivity index (χ2n) is 3.65. The van der Waals surface area contributed by atoms with Crippen molar-refractivity contribution in [2.75, 3.05) is 19.8 Å². The van der Waals surface area contributed by atoms with E-state index in [9.17, 15) is 17.6 Å². The zero-order chi connectivity index (χ0) is 15.3. The Kier molecular flexibility index (Phi) is 6.19. The Morgan fingerprint density at radius 3 is 2.65 bits per heavy atom. The third kappa shape index (κ3) is 4.59. The average Bonchev–Trinajstić information content (AvgIpc) is 2.32. The molecule has 0 atom stereocenters. The van der Waals surface area contributed by atoms with Crippen molar-refractivity contribution in [2.45, 2.75) is 11.8 Å². The molecule has 9 heteroatoms. The van der Waals surface area contributed by atoms with Crippen LogP contribution in [0.2, 0.25) is 5.02 Å². The van der Waals surface area contributed by atoms with E-state index in [0.717, 1.165) is 12.1 Å². The number of halogens is 3. The molecule has 0 aliphatic heterocycles. The topological polar surface area (TPSA) is 72.5 Å². The third-order valence-corrected chi connectivity index (χ3v) is 4.05. The minimum atomic E-state index is -4.17. The van der Waals surface area contributed by atoms with E-state index in [0.29, 0.717) is 6.61 Å². The third-order valence-electron chi connectivity index (χ3n) is 2.26. The highest BCUT2D eigenvalue weighted by Crippen LogP contribution is 2.27. The summed E-state index contributed by atoms with van der Waals surface area (Å²) in [6, 6.07) is 1.53. The van der Waals surface area contributed by atoms with E-state index >= 15 is 0 Å². The summed E-state index contributed by atoms with van der Waals surface area (Å²) in [5.41, 5.74) is -0.454. The van der Waals surface area contributed by atoms with Gasteiger partial charge in [-0.1, -0.05) is 11.6 Å². The zero-order valence-electron chi connectivity index (χ0n) is 10.5. The van der Waals surface area contributed by atoms with Gasteiger partial charge in [0.15, 0.2) is 0 Å². The standard InChI is InChI=1S/C11H12Cl2FNO4S/c1-2-19-4-3-15-11(16)7-5-10(20(13,17)18)8(12)6-9(7)14/h5-6H,2-4H2,1H3,(H,15,16). The maximum Gasteiger partial charge on any atom is 0.262 e. The van der Waals surface area contributed by atoms with E-state index in [-0.39, 0.29) is 18.2 Å². The van der Waals surface area contributed by atoms with Gasteiger partial charge in [0.1, 0.15) is 10.7 Å². The average molecular weight is 344 g/mol. The number of benzene rings is 1. The van der Waals surface area contributed by atoms with Gasteiger partial charge in [-0.3, -0.25) is 4.79 Å². The molecule has 0 unspecified atom stereocenters. The summed E-state index contributed by atoms with van der Waals surface area (Å²) in [5.74, 6) is -1.71. The molecular formula is C11H12Cl2FNO4S. The molecule has 0 aliphatic carbocycles. The van der Waals surface area contributed by atoms with Crippen LogP contribution in [0.5, 0.6) is 0 Å². The predicted octanol–water partition coefficient (Wildman–Crippen LogP) is 2.17. The number of hydrogen-bond donors (Lipinski definition) is 1. The summed E-state index contributed by atoms with van der Waals surface area (Å²) in [5, 5.41) is 2.00. The molecule has 0 saturated carbocycles. The molecule has 0 aliphatic rings. The lowest BCUT2D eigenvalue weighted by Gasteiger charge is -2.08. The number of rotatable bonds is 6. The molecule has 20 heavy (non-hydrogen) atoms. The van der Waals surface area contributed by atoms with E-state index in [1.165, 1.54) is 0 Å². The lowest BCUT2D eigenvalue weighted by Crippen LogP contribution is -2.28. The number of carbonyl (C=O) groups is 1. The maximum atomic E-state index is 13.6. The van der Waals surface area contributed by atoms with Gasteiger partial charge >= 0.3 is 0 Å². The van der Waals surface area contributed by atoms with Crippen molar-refractivity contribution in [2.24, 2.45) is 0 Å². The molecule has 112 valence electrons. The lowest BCUT2D eigenvalue weighted by atomic mass is 10.2. The summed E-state index contributed by atoms with van der Waals surface area (Å²) in [6.45, 7) is 2.70. The Hall–Kier alpha value is -0.890. The quantitative estimate of drug-likeness (QED) is 0.634. The molecule has 0 fully saturated rings. The fourth-order valence-electron chi connectivity index (χ4n) is 1.37. The highest BCUT2D eigenvalue weighted by molar-refractivity contribution is 8.13. The maximum absolute atomic E-state index is 13.6. The largest absolute Gasteiger partial charge is 0.380 e. The monoisotopic (exact) mass is 343 g/mol. The van der Waals surface area contributed by atoms with E-state index < -0.39 is 31.2 Å². The number of carbonyl (C=O) groups excluding carboxylic acids is 1. The normalized spacial score (nSPS) is 11.4. The Morgan fingerprint density at radius 2 is 2.10 bits per heavy atom. The van der Waals surface area contributed by atoms with Crippen molar-refractivity contribution in [3.8, 4) is 0 Å². The first-order valence-corrected chi connectivity index (χ1v) is 8.25. The summed E-state index contributed by atoms with van der Waals surface area (Å²) in [4.78, 5) is 11.2. The molecule has 5 nitrogen and oxygen atoms in total. The van der Waals surface area contributed by atoms with Gasteiger partial charge in [-0.05, 0) is 19.1 Å². The molecule has 1 N–H and O–H groups in total. The van der Waals surface area contributed by atoms with Gasteiger partial charge in [0.05, 0.1) is 17.2 Å². The number of amides is 1. The molecule has 1 aromatic rings. The second kappa shape index (κ2) is 7.21. The molecule has 0 saturated heterocycles. The van der Waals surface area contributed by atoms with E-state index in [2.05, 4.69) is 5.32 Å². The van der Waals surface area contributed by atoms with Crippen molar-refractivity contribution in [1.82, 2.24) is 5.32 Å². The van der Waals surface area contributed by atoms with Crippen LogP contribution in [0, 0.1) is 5.82 Å². The van der Waals surface area contributed by atoms with Gasteiger partial charge in [-0.15, -0.1) is 0 Å². The molecule has 0 heterocycles. The van der Waals surface area contributed by atoms with Crippen LogP contribution in [-0.2, 0) is 13.8 Å². The second-order valence-corrected chi connectivity index (χ2v) is 6.59. The minimum Gasteiger partial charge on any atom is -0.380 e. The highest BCUT2D eigenvalue weighted by atomic mass is 35.7. The molecule has 1 rings (SSSR count). The van der Waals surface area contributed by atoms with E-state index in [1.807, 2.05) is 0 Å². The van der Waals surface area contributed by atoms with Crippen molar-refractivity contribution < 1.29 is 22.3 Å². The van der Waals surface area contributed by atoms with Gasteiger partial charge in [0.25, 0.3) is 15.0 Å². The lowest BCUT2D eigenvalue weighted by molar-refractivity contribution is 0.0918. The molecule has 0 spiro atoms. The molecule has 0 radical (unpaired) electrons. The first-order chi connectivity index (χ1) is 9.27. The summed E-state index contributed by atoms with van der Waals surface area (Å²) in [7, 11) is 0.986. The number of ether oxygens (including phenoxy) is 1. The first kappa shape index (κ1) is 17.2. The van der Waals surface area contributed by atoms with Crippen LogP contribution in [0.4, 0.5) is 4.39 Å². The first-order valence-electron chi connectivity index (χ1n) is 5.57. The zero-order valence-corrected chi connectivity index (χ0v) is 12.8. The van der Waals surface area contributed by atoms with Crippen LogP contribution < -0.4 is 5.32 Å². The Labute approximate surface area is 125 Å². The predicted molar refractivity (Wildman–Crippen MR) is 73.3 cm³/mol. The van der Waals surface area contributed by atoms with Crippen molar-refractivity contribution in [1.29, 1.82) is 0 Å². The highest BCUT2D eigenvalue weighted by Gasteiger charge is 2.21. The summed E-state index contributed by atoms with van der Waals surface area (Å²) >= 11 is 5.58. The fourth-order valence-corrected chi connectivity index (χ4v) is 2.87. The van der Waals surface area contributed by atoms with Gasteiger partial charge in [-0.2, -0.15) is 0 Å². The van der Waals surface area contributed by atoms with Crippen LogP contribution >= 0.6 is 22.3 Å². The van der Waals surface area contributed by atoms with Crippen molar-refractivity contribution in [3.05, 3.63) is 28.5 Å². The van der Waals surface area contributed by atoms with Crippen molar-refractivity contribution in [3.63, 3.8) is 0 Å². The SMILES string of the molecule is CCOCCNC(=O)c1cc(S(=O)(=O)Cl)c(Cl)cc1F. The Balaban J connectivity index is 2.98. The Morgan fingerprint density at radius 1 is 1.45 bits per heavy atom. The van der Waals surface area contributed by atoms with Gasteiger partial charge in [0.2, 0.25) is 0 Å². The van der Waals surface area contributed by atoms with Crippen LogP contribution in [0.1, 0.15) is 17.3 Å². The summed E-state index contributed by atoms with van der Waals surface area (Å²) < 4.78 is 41.1. The minimum absolute atomic E-state index is 0.164. The smallest absolute Gasteiger partial charge is 0.262 e. The molecular weight excluding hydrogens is 332 g/mol. The van der Waals surface area contributed by atoms with E-state index in [1.54, 1.807) is 6.92 Å². The molecule has 0 aromatic heterocycles. The van der Waals surface area contributed by atoms with Crippen molar-refractivity contribution >= 4 is 37.2 Å². The number of hydrogen-bond acceptors (Lipinski definition) is 4.